The Labute approximate surface area is 172 Å². The molecule has 1 fully saturated rings. The molecule has 6 nitrogen and oxygen atoms in total. The van der Waals surface area contributed by atoms with Crippen molar-refractivity contribution in [3.63, 3.8) is 0 Å². The Morgan fingerprint density at radius 1 is 1.00 bits per heavy atom. The summed E-state index contributed by atoms with van der Waals surface area (Å²) in [6.45, 7) is 5.69. The van der Waals surface area contributed by atoms with Crippen molar-refractivity contribution >= 4 is 23.2 Å². The lowest BCUT2D eigenvalue weighted by molar-refractivity contribution is -0.114. The summed E-state index contributed by atoms with van der Waals surface area (Å²) in [6, 6.07) is 14.6. The van der Waals surface area contributed by atoms with E-state index >= 15 is 0 Å². The third-order valence-corrected chi connectivity index (χ3v) is 4.72. The van der Waals surface area contributed by atoms with Crippen LogP contribution in [0.25, 0.3) is 0 Å². The maximum Gasteiger partial charge on any atom is 0.253 e. The average Bonchev–Trinajstić information content (AvgIpc) is 2.73. The van der Waals surface area contributed by atoms with Gasteiger partial charge in [0.25, 0.3) is 5.91 Å². The van der Waals surface area contributed by atoms with Gasteiger partial charge in [0.2, 0.25) is 5.91 Å². The molecule has 0 bridgehead atoms. The molecule has 0 atom stereocenters. The molecular weight excluding hydrogens is 366 g/mol. The SMILES string of the molecule is CC(C)Oc1ccc(NC(=O)CNc2cccc(C(=O)N3CCCCC3)c2)cc1. The summed E-state index contributed by atoms with van der Waals surface area (Å²) in [5.41, 5.74) is 2.11. The zero-order chi connectivity index (χ0) is 20.6. The topological polar surface area (TPSA) is 70.7 Å². The summed E-state index contributed by atoms with van der Waals surface area (Å²) >= 11 is 0. The second-order valence-electron chi connectivity index (χ2n) is 7.53. The molecule has 6 heteroatoms. The van der Waals surface area contributed by atoms with Crippen molar-refractivity contribution in [2.24, 2.45) is 0 Å². The molecular formula is C23H29N3O3. The molecule has 1 aliphatic rings. The normalized spacial score (nSPS) is 13.8. The molecule has 2 aromatic carbocycles. The van der Waals surface area contributed by atoms with Crippen LogP contribution >= 0.6 is 0 Å². The fraction of sp³-hybridized carbons (Fsp3) is 0.391. The largest absolute Gasteiger partial charge is 0.491 e. The van der Waals surface area contributed by atoms with Crippen molar-refractivity contribution in [1.82, 2.24) is 4.90 Å². The van der Waals surface area contributed by atoms with Gasteiger partial charge in [-0.3, -0.25) is 9.59 Å². The number of hydrogen-bond acceptors (Lipinski definition) is 4. The lowest BCUT2D eigenvalue weighted by Crippen LogP contribution is -2.35. The van der Waals surface area contributed by atoms with Crippen LogP contribution in [0.3, 0.4) is 0 Å². The van der Waals surface area contributed by atoms with E-state index in [9.17, 15) is 9.59 Å². The molecule has 29 heavy (non-hydrogen) atoms. The molecule has 1 aliphatic heterocycles. The summed E-state index contributed by atoms with van der Waals surface area (Å²) in [5, 5.41) is 5.94. The van der Waals surface area contributed by atoms with Gasteiger partial charge in [0, 0.05) is 30.0 Å². The number of amides is 2. The van der Waals surface area contributed by atoms with E-state index in [1.807, 2.05) is 67.3 Å². The average molecular weight is 396 g/mol. The smallest absolute Gasteiger partial charge is 0.253 e. The summed E-state index contributed by atoms with van der Waals surface area (Å²) in [6.07, 6.45) is 3.42. The molecule has 154 valence electrons. The van der Waals surface area contributed by atoms with Crippen LogP contribution in [0.1, 0.15) is 43.5 Å². The first kappa shape index (κ1) is 20.7. The summed E-state index contributed by atoms with van der Waals surface area (Å²) in [7, 11) is 0. The zero-order valence-corrected chi connectivity index (χ0v) is 17.1. The Bertz CT molecular complexity index is 828. The first-order valence-corrected chi connectivity index (χ1v) is 10.2. The van der Waals surface area contributed by atoms with Gasteiger partial charge in [-0.05, 0) is 75.6 Å². The lowest BCUT2D eigenvalue weighted by Gasteiger charge is -2.26. The lowest BCUT2D eigenvalue weighted by atomic mass is 10.1. The molecule has 2 amide bonds. The minimum atomic E-state index is -0.157. The molecule has 0 spiro atoms. The molecule has 2 N–H and O–H groups in total. The highest BCUT2D eigenvalue weighted by Crippen LogP contribution is 2.18. The van der Waals surface area contributed by atoms with Gasteiger partial charge in [-0.1, -0.05) is 6.07 Å². The second kappa shape index (κ2) is 9.96. The van der Waals surface area contributed by atoms with Gasteiger partial charge >= 0.3 is 0 Å². The maximum atomic E-state index is 12.6. The molecule has 2 aromatic rings. The summed E-state index contributed by atoms with van der Waals surface area (Å²) < 4.78 is 5.60. The summed E-state index contributed by atoms with van der Waals surface area (Å²) in [5.74, 6) is 0.670. The Morgan fingerprint density at radius 3 is 2.41 bits per heavy atom. The number of benzene rings is 2. The van der Waals surface area contributed by atoms with Crippen molar-refractivity contribution in [2.75, 3.05) is 30.3 Å². The minimum absolute atomic E-state index is 0.0570. The highest BCUT2D eigenvalue weighted by atomic mass is 16.5. The predicted molar refractivity (Wildman–Crippen MR) is 116 cm³/mol. The first-order chi connectivity index (χ1) is 14.0. The standard InChI is InChI=1S/C23H29N3O3/c1-17(2)29-21-11-9-19(10-12-21)25-22(27)16-24-20-8-6-7-18(15-20)23(28)26-13-4-3-5-14-26/h6-12,15,17,24H,3-5,13-14,16H2,1-2H3,(H,25,27). The Kier molecular flexibility index (Phi) is 7.11. The van der Waals surface area contributed by atoms with Crippen molar-refractivity contribution in [3.05, 3.63) is 54.1 Å². The number of carbonyl (C=O) groups is 2. The Hall–Kier alpha value is -3.02. The van der Waals surface area contributed by atoms with Crippen LogP contribution < -0.4 is 15.4 Å². The van der Waals surface area contributed by atoms with Crippen LogP contribution in [0.2, 0.25) is 0 Å². The van der Waals surface area contributed by atoms with E-state index in [2.05, 4.69) is 10.6 Å². The van der Waals surface area contributed by atoms with Crippen molar-refractivity contribution in [3.8, 4) is 5.75 Å². The molecule has 3 rings (SSSR count). The van der Waals surface area contributed by atoms with Crippen LogP contribution in [0.5, 0.6) is 5.75 Å². The van der Waals surface area contributed by atoms with Crippen molar-refractivity contribution in [2.45, 2.75) is 39.2 Å². The van der Waals surface area contributed by atoms with Crippen LogP contribution in [0, 0.1) is 0 Å². The number of hydrogen-bond donors (Lipinski definition) is 2. The number of carbonyl (C=O) groups excluding carboxylic acids is 2. The van der Waals surface area contributed by atoms with E-state index < -0.39 is 0 Å². The number of ether oxygens (including phenoxy) is 1. The molecule has 0 radical (unpaired) electrons. The Balaban J connectivity index is 1.51. The molecule has 1 heterocycles. The monoisotopic (exact) mass is 395 g/mol. The van der Waals surface area contributed by atoms with Gasteiger partial charge in [-0.25, -0.2) is 0 Å². The van der Waals surface area contributed by atoms with Gasteiger partial charge in [0.05, 0.1) is 12.6 Å². The van der Waals surface area contributed by atoms with Crippen molar-refractivity contribution < 1.29 is 14.3 Å². The number of nitrogens with zero attached hydrogens (tertiary/aromatic N) is 1. The van der Waals surface area contributed by atoms with E-state index in [1.54, 1.807) is 0 Å². The quantitative estimate of drug-likeness (QED) is 0.739. The van der Waals surface area contributed by atoms with Crippen LogP contribution in [0.4, 0.5) is 11.4 Å². The maximum absolute atomic E-state index is 12.6. The van der Waals surface area contributed by atoms with Gasteiger partial charge in [0.1, 0.15) is 5.75 Å². The second-order valence-corrected chi connectivity index (χ2v) is 7.53. The number of piperidine rings is 1. The van der Waals surface area contributed by atoms with Crippen molar-refractivity contribution in [1.29, 1.82) is 0 Å². The third-order valence-electron chi connectivity index (χ3n) is 4.72. The molecule has 0 unspecified atom stereocenters. The number of rotatable bonds is 7. The fourth-order valence-electron chi connectivity index (χ4n) is 3.32. The third kappa shape index (κ3) is 6.24. The van der Waals surface area contributed by atoms with E-state index in [1.165, 1.54) is 6.42 Å². The highest BCUT2D eigenvalue weighted by Gasteiger charge is 2.18. The molecule has 0 saturated carbocycles. The van der Waals surface area contributed by atoms with Gasteiger partial charge in [-0.2, -0.15) is 0 Å². The molecule has 0 aliphatic carbocycles. The first-order valence-electron chi connectivity index (χ1n) is 10.2. The Morgan fingerprint density at radius 2 is 1.72 bits per heavy atom. The van der Waals surface area contributed by atoms with Crippen LogP contribution in [-0.4, -0.2) is 42.5 Å². The number of likely N-dealkylation sites (tertiary alicyclic amines) is 1. The van der Waals surface area contributed by atoms with Crippen LogP contribution in [0.15, 0.2) is 48.5 Å². The zero-order valence-electron chi connectivity index (χ0n) is 17.1. The van der Waals surface area contributed by atoms with E-state index in [-0.39, 0.29) is 24.5 Å². The fourth-order valence-corrected chi connectivity index (χ4v) is 3.32. The van der Waals surface area contributed by atoms with Gasteiger partial charge < -0.3 is 20.3 Å². The van der Waals surface area contributed by atoms with Crippen LogP contribution in [-0.2, 0) is 4.79 Å². The van der Waals surface area contributed by atoms with Gasteiger partial charge in [-0.15, -0.1) is 0 Å². The minimum Gasteiger partial charge on any atom is -0.491 e. The van der Waals surface area contributed by atoms with E-state index in [4.69, 9.17) is 4.74 Å². The molecule has 0 aromatic heterocycles. The summed E-state index contributed by atoms with van der Waals surface area (Å²) in [4.78, 5) is 26.8. The van der Waals surface area contributed by atoms with E-state index in [0.717, 1.165) is 37.4 Å². The van der Waals surface area contributed by atoms with E-state index in [0.29, 0.717) is 11.3 Å². The number of nitrogens with one attached hydrogen (secondary N) is 2. The highest BCUT2D eigenvalue weighted by molar-refractivity contribution is 5.96. The predicted octanol–water partition coefficient (Wildman–Crippen LogP) is 4.15. The number of anilines is 2. The van der Waals surface area contributed by atoms with Gasteiger partial charge in [0.15, 0.2) is 0 Å². The molecule has 1 saturated heterocycles.